The van der Waals surface area contributed by atoms with E-state index in [1.54, 1.807) is 11.1 Å². The van der Waals surface area contributed by atoms with Crippen molar-refractivity contribution in [3.8, 4) is 0 Å². The number of rotatable bonds is 2. The Morgan fingerprint density at radius 2 is 2.00 bits per heavy atom. The maximum absolute atomic E-state index is 2.53. The van der Waals surface area contributed by atoms with Crippen LogP contribution in [0.2, 0.25) is 13.1 Å². The van der Waals surface area contributed by atoms with Gasteiger partial charge < -0.3 is 0 Å². The molecule has 0 heterocycles. The monoisotopic (exact) mass is 306 g/mol. The molecular weight excluding hydrogens is 287 g/mol. The van der Waals surface area contributed by atoms with Gasteiger partial charge in [-0.3, -0.25) is 0 Å². The molecule has 2 aliphatic carbocycles. The van der Waals surface area contributed by atoms with Crippen LogP contribution in [0.5, 0.6) is 0 Å². The minimum atomic E-state index is -1.42. The van der Waals surface area contributed by atoms with E-state index >= 15 is 0 Å². The van der Waals surface area contributed by atoms with Crippen molar-refractivity contribution in [3.63, 3.8) is 0 Å². The van der Waals surface area contributed by atoms with Gasteiger partial charge in [0.2, 0.25) is 0 Å². The van der Waals surface area contributed by atoms with E-state index in [4.69, 9.17) is 0 Å². The third-order valence-corrected chi connectivity index (χ3v) is 20.7. The van der Waals surface area contributed by atoms with E-state index in [-0.39, 0.29) is 5.43 Å². The van der Waals surface area contributed by atoms with E-state index in [0.29, 0.717) is 0 Å². The Morgan fingerprint density at radius 3 is 2.44 bits per heavy atom. The van der Waals surface area contributed by atoms with Crippen LogP contribution in [0.1, 0.15) is 26.7 Å². The first kappa shape index (κ1) is 12.5. The molecule has 0 N–H and O–H groups in total. The van der Waals surface area contributed by atoms with Crippen LogP contribution in [0.3, 0.4) is 0 Å². The van der Waals surface area contributed by atoms with Crippen molar-refractivity contribution in [3.05, 3.63) is 42.0 Å². The van der Waals surface area contributed by atoms with Gasteiger partial charge in [0.05, 0.1) is 0 Å². The van der Waals surface area contributed by atoms with Crippen LogP contribution in [0, 0.1) is 0 Å². The molecule has 0 aromatic rings. The fourth-order valence-electron chi connectivity index (χ4n) is 2.66. The van der Waals surface area contributed by atoms with Crippen LogP contribution in [0.4, 0.5) is 0 Å². The van der Waals surface area contributed by atoms with Crippen molar-refractivity contribution < 1.29 is 20.4 Å². The Labute approximate surface area is 107 Å². The van der Waals surface area contributed by atoms with E-state index in [1.165, 1.54) is 12.8 Å². The minimum absolute atomic E-state index is 0.0974. The average molecular weight is 308 g/mol. The molecule has 0 atom stereocenters. The maximum atomic E-state index is 2.53. The molecule has 0 unspecified atom stereocenters. The first-order chi connectivity index (χ1) is 7.59. The Morgan fingerprint density at radius 1 is 1.25 bits per heavy atom. The predicted octanol–water partition coefficient (Wildman–Crippen LogP) is 4.32. The zero-order chi connectivity index (χ0) is 11.7. The molecule has 0 amide bonds. The van der Waals surface area contributed by atoms with Gasteiger partial charge in [-0.05, 0) is 0 Å². The van der Waals surface area contributed by atoms with Crippen LogP contribution >= 0.6 is 0 Å². The summed E-state index contributed by atoms with van der Waals surface area (Å²) in [4.78, 5) is 0. The van der Waals surface area contributed by atoms with Gasteiger partial charge in [0.1, 0.15) is 0 Å². The number of allylic oxidation sites excluding steroid dienone is 8. The molecule has 0 aliphatic heterocycles. The molecule has 0 saturated carbocycles. The van der Waals surface area contributed by atoms with Gasteiger partial charge in [-0.2, -0.15) is 0 Å². The Balaban J connectivity index is 2.38. The van der Waals surface area contributed by atoms with E-state index < -0.39 is 20.4 Å². The molecule has 2 rings (SSSR count). The van der Waals surface area contributed by atoms with Crippen molar-refractivity contribution in [2.45, 2.75) is 39.8 Å². The Bertz CT molecular complexity index is 469. The van der Waals surface area contributed by atoms with Crippen molar-refractivity contribution >= 4 is 5.43 Å². The van der Waals surface area contributed by atoms with Gasteiger partial charge in [0, 0.05) is 0 Å². The third-order valence-electron chi connectivity index (χ3n) is 3.29. The second kappa shape index (κ2) is 5.14. The van der Waals surface area contributed by atoms with Crippen molar-refractivity contribution in [2.75, 3.05) is 0 Å². The summed E-state index contributed by atoms with van der Waals surface area (Å²) in [5, 5.41) is 0. The molecule has 0 saturated heterocycles. The first-order valence-corrected chi connectivity index (χ1v) is 14.6. The summed E-state index contributed by atoms with van der Waals surface area (Å²) in [5.41, 5.74) is 3.10. The van der Waals surface area contributed by atoms with Crippen LogP contribution in [-0.4, -0.2) is 5.43 Å². The van der Waals surface area contributed by atoms with Crippen LogP contribution in [0.25, 0.3) is 0 Å². The Kier molecular flexibility index (Phi) is 4.02. The summed E-state index contributed by atoms with van der Waals surface area (Å²) >= 11 is -1.42. The van der Waals surface area contributed by atoms with E-state index in [0.717, 1.165) is 0 Å². The van der Waals surface area contributed by atoms with Crippen molar-refractivity contribution in [1.82, 2.24) is 0 Å². The van der Waals surface area contributed by atoms with Gasteiger partial charge in [-0.25, -0.2) is 0 Å². The summed E-state index contributed by atoms with van der Waals surface area (Å²) in [6, 6.07) is 0. The zero-order valence-corrected chi connectivity index (χ0v) is 14.2. The molecule has 0 radical (unpaired) electrons. The van der Waals surface area contributed by atoms with Gasteiger partial charge in [0.25, 0.3) is 0 Å². The number of hydrogen-bond donors (Lipinski definition) is 0. The molecule has 2 heteroatoms. The fourth-order valence-corrected chi connectivity index (χ4v) is 20.5. The van der Waals surface area contributed by atoms with Gasteiger partial charge in [-0.15, -0.1) is 0 Å². The fraction of sp³-hybridized carbons (Fsp3) is 0.429. The van der Waals surface area contributed by atoms with Crippen LogP contribution in [-0.2, 0) is 20.4 Å². The van der Waals surface area contributed by atoms with Crippen molar-refractivity contribution in [1.29, 1.82) is 0 Å². The molecule has 0 fully saturated rings. The molecule has 0 aromatic carbocycles. The summed E-state index contributed by atoms with van der Waals surface area (Å²) in [7, 11) is 0. The molecule has 0 bridgehead atoms. The van der Waals surface area contributed by atoms with Crippen LogP contribution in [0.15, 0.2) is 42.0 Å². The Hall–Kier alpha value is 0.0600. The van der Waals surface area contributed by atoms with E-state index in [9.17, 15) is 0 Å². The standard InChI is InChI=1S/C7H9.C5H5.C2H6Si.Zr/c1-6-3-4-7(2)5-6;1-2-4-5-3-1;1-3-2;/h5H,3H2,1-2H3;1-3H,4H2;1-2H3;. The normalized spacial score (nSPS) is 19.0. The molecule has 2 aliphatic rings. The quantitative estimate of drug-likeness (QED) is 0.666. The van der Waals surface area contributed by atoms with Gasteiger partial charge in [0.15, 0.2) is 0 Å². The first-order valence-electron chi connectivity index (χ1n) is 6.00. The second-order valence-corrected chi connectivity index (χ2v) is 22.3. The van der Waals surface area contributed by atoms with E-state index in [1.807, 2.05) is 6.56 Å². The molecule has 0 aromatic heterocycles. The van der Waals surface area contributed by atoms with Crippen molar-refractivity contribution in [2.24, 2.45) is 0 Å². The zero-order valence-electron chi connectivity index (χ0n) is 10.7. The SMILES string of the molecule is CC1=CC(C)=[C]([Zr]([C]2=CC=CC2)=[Si](C)C)C1. The van der Waals surface area contributed by atoms with Gasteiger partial charge in [-0.1, -0.05) is 0 Å². The summed E-state index contributed by atoms with van der Waals surface area (Å²) in [5.74, 6) is 0. The van der Waals surface area contributed by atoms with E-state index in [2.05, 4.69) is 51.2 Å². The summed E-state index contributed by atoms with van der Waals surface area (Å²) in [6.07, 6.45) is 12.0. The molecule has 84 valence electrons. The molecular formula is C14H20SiZr. The van der Waals surface area contributed by atoms with Gasteiger partial charge >= 0.3 is 108 Å². The topological polar surface area (TPSA) is 0 Å². The number of hydrogen-bond acceptors (Lipinski definition) is 0. The summed E-state index contributed by atoms with van der Waals surface area (Å²) in [6.45, 7) is 9.69. The molecule has 0 nitrogen and oxygen atoms in total. The third kappa shape index (κ3) is 2.49. The predicted molar refractivity (Wildman–Crippen MR) is 70.4 cm³/mol. The summed E-state index contributed by atoms with van der Waals surface area (Å²) < 4.78 is 3.74. The molecule has 0 spiro atoms. The van der Waals surface area contributed by atoms with Crippen LogP contribution < -0.4 is 0 Å². The molecule has 16 heavy (non-hydrogen) atoms. The average Bonchev–Trinajstić information content (AvgIpc) is 2.78. The second-order valence-electron chi connectivity index (χ2n) is 5.03.